The zero-order chi connectivity index (χ0) is 14.0. The van der Waals surface area contributed by atoms with Gasteiger partial charge >= 0.3 is 5.97 Å². The van der Waals surface area contributed by atoms with Crippen molar-refractivity contribution >= 4 is 40.8 Å². The first kappa shape index (κ1) is 14.0. The predicted octanol–water partition coefficient (Wildman–Crippen LogP) is 3.91. The molecule has 1 heterocycles. The quantitative estimate of drug-likeness (QED) is 0.864. The van der Waals surface area contributed by atoms with Gasteiger partial charge in [0.2, 0.25) is 0 Å². The summed E-state index contributed by atoms with van der Waals surface area (Å²) < 4.78 is 10.1. The van der Waals surface area contributed by atoms with Gasteiger partial charge in [-0.2, -0.15) is 0 Å². The molecule has 2 rings (SSSR count). The summed E-state index contributed by atoms with van der Waals surface area (Å²) in [6.45, 7) is -0.0298. The lowest BCUT2D eigenvalue weighted by atomic mass is 10.3. The van der Waals surface area contributed by atoms with Crippen LogP contribution in [0.15, 0.2) is 22.7 Å². The van der Waals surface area contributed by atoms with Crippen LogP contribution in [0, 0.1) is 0 Å². The van der Waals surface area contributed by atoms with Crippen molar-refractivity contribution in [2.24, 2.45) is 0 Å². The van der Waals surface area contributed by atoms with Gasteiger partial charge in [-0.05, 0) is 6.07 Å². The molecule has 0 fully saturated rings. The van der Waals surface area contributed by atoms with Crippen molar-refractivity contribution in [1.82, 2.24) is 5.16 Å². The summed E-state index contributed by atoms with van der Waals surface area (Å²) in [6, 6.07) is 4.16. The summed E-state index contributed by atoms with van der Waals surface area (Å²) >= 11 is 17.5. The molecular weight excluding hydrogens is 316 g/mol. The molecule has 1 aromatic heterocycles. The first-order valence-electron chi connectivity index (χ1n) is 4.93. The molecule has 100 valence electrons. The molecule has 0 amide bonds. The number of aromatic carboxylic acids is 1. The number of carboxylic acid groups (broad SMARTS) is 1. The molecule has 5 nitrogen and oxygen atoms in total. The van der Waals surface area contributed by atoms with Gasteiger partial charge in [-0.25, -0.2) is 4.79 Å². The molecule has 0 bridgehead atoms. The highest BCUT2D eigenvalue weighted by molar-refractivity contribution is 6.43. The second kappa shape index (κ2) is 5.69. The largest absolute Gasteiger partial charge is 0.484 e. The Morgan fingerprint density at radius 2 is 1.89 bits per heavy atom. The molecular formula is C11H6Cl3NO4. The number of hydrogen-bond donors (Lipinski definition) is 1. The summed E-state index contributed by atoms with van der Waals surface area (Å²) in [5.41, 5.74) is -0.196. The second-order valence-corrected chi connectivity index (χ2v) is 4.69. The minimum absolute atomic E-state index is 0.0298. The lowest BCUT2D eigenvalue weighted by Gasteiger charge is -2.07. The van der Waals surface area contributed by atoms with Crippen LogP contribution in [-0.4, -0.2) is 16.2 Å². The lowest BCUT2D eigenvalue weighted by molar-refractivity contribution is 0.0685. The fourth-order valence-electron chi connectivity index (χ4n) is 1.25. The molecule has 0 aliphatic heterocycles. The molecule has 1 aromatic carbocycles. The molecule has 0 radical (unpaired) electrons. The van der Waals surface area contributed by atoms with E-state index in [-0.39, 0.29) is 23.1 Å². The van der Waals surface area contributed by atoms with Gasteiger partial charge < -0.3 is 14.4 Å². The van der Waals surface area contributed by atoms with Crippen molar-refractivity contribution in [3.05, 3.63) is 44.7 Å². The Morgan fingerprint density at radius 1 is 1.21 bits per heavy atom. The molecule has 0 aliphatic carbocycles. The summed E-state index contributed by atoms with van der Waals surface area (Å²) in [5.74, 6) is -0.619. The fraction of sp³-hybridized carbons (Fsp3) is 0.0909. The van der Waals surface area contributed by atoms with Gasteiger partial charge in [0.15, 0.2) is 11.5 Å². The second-order valence-electron chi connectivity index (χ2n) is 3.47. The molecule has 0 spiro atoms. The number of aromatic nitrogens is 1. The predicted molar refractivity (Wildman–Crippen MR) is 69.3 cm³/mol. The van der Waals surface area contributed by atoms with Crippen LogP contribution in [-0.2, 0) is 6.61 Å². The van der Waals surface area contributed by atoms with Crippen LogP contribution in [0.3, 0.4) is 0 Å². The van der Waals surface area contributed by atoms with Crippen molar-refractivity contribution in [3.8, 4) is 5.75 Å². The van der Waals surface area contributed by atoms with Crippen LogP contribution < -0.4 is 4.74 Å². The van der Waals surface area contributed by atoms with Crippen molar-refractivity contribution in [2.75, 3.05) is 0 Å². The number of carboxylic acids is 1. The molecule has 8 heteroatoms. The first-order chi connectivity index (χ1) is 8.97. The Balaban J connectivity index is 2.09. The van der Waals surface area contributed by atoms with E-state index < -0.39 is 5.97 Å². The van der Waals surface area contributed by atoms with Gasteiger partial charge in [-0.3, -0.25) is 0 Å². The van der Waals surface area contributed by atoms with Crippen LogP contribution in [0.25, 0.3) is 0 Å². The summed E-state index contributed by atoms with van der Waals surface area (Å²) in [7, 11) is 0. The number of nitrogens with zero attached hydrogens (tertiary/aromatic N) is 1. The normalized spacial score (nSPS) is 10.5. The van der Waals surface area contributed by atoms with E-state index in [9.17, 15) is 4.79 Å². The molecule has 0 saturated carbocycles. The first-order valence-corrected chi connectivity index (χ1v) is 6.07. The molecule has 1 N–H and O–H groups in total. The third-order valence-electron chi connectivity index (χ3n) is 2.12. The molecule has 0 unspecified atom stereocenters. The van der Waals surface area contributed by atoms with E-state index in [4.69, 9.17) is 49.2 Å². The van der Waals surface area contributed by atoms with Gasteiger partial charge in [0, 0.05) is 12.1 Å². The molecule has 0 saturated heterocycles. The Hall–Kier alpha value is -1.43. The summed E-state index contributed by atoms with van der Waals surface area (Å²) in [6.07, 6.45) is 0. The molecule has 0 aliphatic rings. The maximum atomic E-state index is 10.6. The van der Waals surface area contributed by atoms with Gasteiger partial charge in [0.05, 0.1) is 15.1 Å². The molecule has 0 atom stereocenters. The Labute approximate surface area is 122 Å². The fourth-order valence-corrected chi connectivity index (χ4v) is 1.84. The van der Waals surface area contributed by atoms with E-state index in [1.807, 2.05) is 0 Å². The molecule has 19 heavy (non-hydrogen) atoms. The smallest absolute Gasteiger partial charge is 0.358 e. The maximum Gasteiger partial charge on any atom is 0.358 e. The lowest BCUT2D eigenvalue weighted by Crippen LogP contribution is -1.96. The zero-order valence-electron chi connectivity index (χ0n) is 9.19. The number of rotatable bonds is 4. The summed E-state index contributed by atoms with van der Waals surface area (Å²) in [4.78, 5) is 10.6. The van der Waals surface area contributed by atoms with Crippen molar-refractivity contribution in [2.45, 2.75) is 6.61 Å². The third kappa shape index (κ3) is 3.32. The van der Waals surface area contributed by atoms with Gasteiger partial charge in [0.1, 0.15) is 12.4 Å². The Kier molecular flexibility index (Phi) is 4.19. The van der Waals surface area contributed by atoms with E-state index in [1.54, 1.807) is 0 Å². The average molecular weight is 323 g/mol. The monoisotopic (exact) mass is 321 g/mol. The third-order valence-corrected chi connectivity index (χ3v) is 3.14. The van der Waals surface area contributed by atoms with Gasteiger partial charge in [-0.1, -0.05) is 40.0 Å². The number of halogens is 3. The standard InChI is InChI=1S/C11H6Cl3NO4/c12-6-2-8(14)10(3-7(6)13)18-4-5-1-9(11(16)17)15-19-5/h1-3H,4H2,(H,16,17). The van der Waals surface area contributed by atoms with E-state index in [1.165, 1.54) is 18.2 Å². The van der Waals surface area contributed by atoms with E-state index in [0.29, 0.717) is 15.8 Å². The number of benzene rings is 1. The Morgan fingerprint density at radius 3 is 2.53 bits per heavy atom. The zero-order valence-corrected chi connectivity index (χ0v) is 11.5. The topological polar surface area (TPSA) is 72.6 Å². The minimum atomic E-state index is -1.18. The number of ether oxygens (including phenoxy) is 1. The van der Waals surface area contributed by atoms with E-state index >= 15 is 0 Å². The van der Waals surface area contributed by atoms with E-state index in [0.717, 1.165) is 0 Å². The highest BCUT2D eigenvalue weighted by atomic mass is 35.5. The van der Waals surface area contributed by atoms with Crippen LogP contribution >= 0.6 is 34.8 Å². The minimum Gasteiger partial charge on any atom is -0.484 e. The highest BCUT2D eigenvalue weighted by Gasteiger charge is 2.12. The van der Waals surface area contributed by atoms with Crippen LogP contribution in [0.4, 0.5) is 0 Å². The van der Waals surface area contributed by atoms with E-state index in [2.05, 4.69) is 5.16 Å². The van der Waals surface area contributed by atoms with Crippen molar-refractivity contribution in [1.29, 1.82) is 0 Å². The SMILES string of the molecule is O=C(O)c1cc(COc2cc(Cl)c(Cl)cc2Cl)on1. The highest BCUT2D eigenvalue weighted by Crippen LogP contribution is 2.34. The van der Waals surface area contributed by atoms with Gasteiger partial charge in [0.25, 0.3) is 0 Å². The summed E-state index contributed by atoms with van der Waals surface area (Å²) in [5, 5.41) is 12.9. The Bertz CT molecular complexity index is 626. The van der Waals surface area contributed by atoms with Crippen molar-refractivity contribution in [3.63, 3.8) is 0 Å². The number of carbonyl (C=O) groups is 1. The maximum absolute atomic E-state index is 10.6. The average Bonchev–Trinajstić information content (AvgIpc) is 2.81. The van der Waals surface area contributed by atoms with Crippen LogP contribution in [0.5, 0.6) is 5.75 Å². The number of hydrogen-bond acceptors (Lipinski definition) is 4. The van der Waals surface area contributed by atoms with Crippen LogP contribution in [0.1, 0.15) is 16.2 Å². The van der Waals surface area contributed by atoms with Crippen molar-refractivity contribution < 1.29 is 19.2 Å². The van der Waals surface area contributed by atoms with Gasteiger partial charge in [-0.15, -0.1) is 0 Å². The molecule has 2 aromatic rings. The van der Waals surface area contributed by atoms with Crippen LogP contribution in [0.2, 0.25) is 15.1 Å².